The highest BCUT2D eigenvalue weighted by Crippen LogP contribution is 2.20. The summed E-state index contributed by atoms with van der Waals surface area (Å²) in [6.07, 6.45) is -6.44. The molecule has 0 aliphatic heterocycles. The molecule has 0 aromatic rings. The van der Waals surface area contributed by atoms with Crippen molar-refractivity contribution in [1.82, 2.24) is 0 Å². The minimum atomic E-state index is -2.87. The number of aliphatic hydroxyl groups is 5. The summed E-state index contributed by atoms with van der Waals surface area (Å²) in [5.41, 5.74) is 5.20. The molecule has 0 heterocycles. The maximum atomic E-state index is 10.1. The summed E-state index contributed by atoms with van der Waals surface area (Å²) in [5, 5.41) is 47.8. The number of azide groups is 1. The van der Waals surface area contributed by atoms with Crippen molar-refractivity contribution in [2.45, 2.75) is 24.0 Å². The Kier molecular flexibility index (Phi) is 5.15. The van der Waals surface area contributed by atoms with E-state index in [-0.39, 0.29) is 6.29 Å². The highest BCUT2D eigenvalue weighted by atomic mass is 16.4. The van der Waals surface area contributed by atoms with Gasteiger partial charge in [-0.05, 0) is 5.53 Å². The number of aldehydes is 1. The van der Waals surface area contributed by atoms with Crippen molar-refractivity contribution in [1.29, 1.82) is 0 Å². The second-order valence-electron chi connectivity index (χ2n) is 2.74. The predicted octanol–water partition coefficient (Wildman–Crippen LogP) is -2.74. The van der Waals surface area contributed by atoms with Gasteiger partial charge in [-0.3, -0.25) is 0 Å². The Morgan fingerprint density at radius 3 is 2.33 bits per heavy atom. The summed E-state index contributed by atoms with van der Waals surface area (Å²) >= 11 is 0. The molecule has 0 aliphatic rings. The highest BCUT2D eigenvalue weighted by Gasteiger charge is 2.45. The van der Waals surface area contributed by atoms with E-state index in [2.05, 4.69) is 10.0 Å². The SMILES string of the molecule is [N-]=[N+]=NC(O)(C(O)CO)C(O)C(O)C=O. The first-order valence-electron chi connectivity index (χ1n) is 3.83. The molecule has 0 aromatic heterocycles. The summed E-state index contributed by atoms with van der Waals surface area (Å²) in [5.74, 6) is 0. The zero-order valence-corrected chi connectivity index (χ0v) is 7.50. The van der Waals surface area contributed by atoms with Crippen LogP contribution in [0.1, 0.15) is 0 Å². The fourth-order valence-electron chi connectivity index (χ4n) is 0.855. The van der Waals surface area contributed by atoms with Crippen molar-refractivity contribution in [2.75, 3.05) is 6.61 Å². The Morgan fingerprint density at radius 2 is 2.00 bits per heavy atom. The molecule has 0 rings (SSSR count). The van der Waals surface area contributed by atoms with E-state index in [0.717, 1.165) is 0 Å². The van der Waals surface area contributed by atoms with E-state index >= 15 is 0 Å². The van der Waals surface area contributed by atoms with Gasteiger partial charge in [0.25, 0.3) is 0 Å². The third-order valence-electron chi connectivity index (χ3n) is 1.77. The van der Waals surface area contributed by atoms with Crippen molar-refractivity contribution >= 4 is 6.29 Å². The minimum absolute atomic E-state index is 0.118. The summed E-state index contributed by atoms with van der Waals surface area (Å²) in [4.78, 5) is 12.2. The summed E-state index contributed by atoms with van der Waals surface area (Å²) < 4.78 is 0. The largest absolute Gasteiger partial charge is 0.394 e. The Balaban J connectivity index is 5.09. The van der Waals surface area contributed by atoms with Crippen LogP contribution in [0.15, 0.2) is 5.11 Å². The fraction of sp³-hybridized carbons (Fsp3) is 0.833. The van der Waals surface area contributed by atoms with Crippen LogP contribution in [-0.2, 0) is 4.79 Å². The van der Waals surface area contributed by atoms with Gasteiger partial charge in [0.05, 0.1) is 6.61 Å². The molecule has 0 amide bonds. The number of carbonyl (C=O) groups excluding carboxylic acids is 1. The molecule has 0 aliphatic carbocycles. The zero-order valence-electron chi connectivity index (χ0n) is 7.50. The molecule has 9 nitrogen and oxygen atoms in total. The Labute approximate surface area is 83.8 Å². The number of nitrogens with zero attached hydrogens (tertiary/aromatic N) is 3. The maximum Gasteiger partial charge on any atom is 0.200 e. The van der Waals surface area contributed by atoms with Crippen LogP contribution < -0.4 is 0 Å². The molecule has 86 valence electrons. The van der Waals surface area contributed by atoms with Crippen LogP contribution in [-0.4, -0.2) is 62.5 Å². The third-order valence-corrected chi connectivity index (χ3v) is 1.77. The number of hydrogen-bond acceptors (Lipinski definition) is 7. The average molecular weight is 221 g/mol. The van der Waals surface area contributed by atoms with Gasteiger partial charge in [0.15, 0.2) is 6.29 Å². The van der Waals surface area contributed by atoms with Crippen molar-refractivity contribution < 1.29 is 30.3 Å². The first-order chi connectivity index (χ1) is 6.93. The van der Waals surface area contributed by atoms with Gasteiger partial charge in [0.1, 0.15) is 18.3 Å². The van der Waals surface area contributed by atoms with E-state index in [1.54, 1.807) is 0 Å². The summed E-state index contributed by atoms with van der Waals surface area (Å²) in [6, 6.07) is 0. The van der Waals surface area contributed by atoms with E-state index in [1.807, 2.05) is 0 Å². The Bertz CT molecular complexity index is 268. The van der Waals surface area contributed by atoms with E-state index < -0.39 is 30.6 Å². The van der Waals surface area contributed by atoms with Crippen molar-refractivity contribution in [3.8, 4) is 0 Å². The van der Waals surface area contributed by atoms with Gasteiger partial charge < -0.3 is 30.3 Å². The molecule has 0 radical (unpaired) electrons. The molecule has 0 aromatic carbocycles. The van der Waals surface area contributed by atoms with Gasteiger partial charge >= 0.3 is 0 Å². The van der Waals surface area contributed by atoms with Gasteiger partial charge in [-0.15, -0.1) is 0 Å². The Morgan fingerprint density at radius 1 is 1.47 bits per heavy atom. The maximum absolute atomic E-state index is 10.1. The number of hydrogen-bond donors (Lipinski definition) is 5. The molecule has 0 bridgehead atoms. The quantitative estimate of drug-likeness (QED) is 0.141. The minimum Gasteiger partial charge on any atom is -0.394 e. The van der Waals surface area contributed by atoms with E-state index in [4.69, 9.17) is 20.9 Å². The average Bonchev–Trinajstić information content (AvgIpc) is 2.25. The van der Waals surface area contributed by atoms with Crippen LogP contribution in [0.2, 0.25) is 0 Å². The van der Waals surface area contributed by atoms with Crippen LogP contribution in [0.4, 0.5) is 0 Å². The van der Waals surface area contributed by atoms with Crippen molar-refractivity contribution in [3.05, 3.63) is 10.4 Å². The second-order valence-corrected chi connectivity index (χ2v) is 2.74. The number of carbonyl (C=O) groups is 1. The van der Waals surface area contributed by atoms with Gasteiger partial charge in [0.2, 0.25) is 5.72 Å². The van der Waals surface area contributed by atoms with Gasteiger partial charge in [0, 0.05) is 4.91 Å². The molecule has 5 N–H and O–H groups in total. The van der Waals surface area contributed by atoms with Crippen LogP contribution in [0, 0.1) is 0 Å². The molecule has 4 unspecified atom stereocenters. The monoisotopic (exact) mass is 221 g/mol. The molecule has 0 saturated carbocycles. The molecular weight excluding hydrogens is 210 g/mol. The van der Waals surface area contributed by atoms with E-state index in [0.29, 0.717) is 0 Å². The predicted molar refractivity (Wildman–Crippen MR) is 45.3 cm³/mol. The molecular formula is C6H11N3O6. The Hall–Kier alpha value is -1.22. The summed E-state index contributed by atoms with van der Waals surface area (Å²) in [7, 11) is 0. The van der Waals surface area contributed by atoms with E-state index in [9.17, 15) is 15.0 Å². The smallest absolute Gasteiger partial charge is 0.200 e. The van der Waals surface area contributed by atoms with Crippen molar-refractivity contribution in [2.24, 2.45) is 5.11 Å². The zero-order chi connectivity index (χ0) is 12.1. The lowest BCUT2D eigenvalue weighted by molar-refractivity contribution is -0.180. The molecule has 0 saturated heterocycles. The number of aliphatic hydroxyl groups excluding tert-OH is 4. The third kappa shape index (κ3) is 2.86. The lowest BCUT2D eigenvalue weighted by atomic mass is 9.97. The standard InChI is InChI=1S/C6H11N3O6/c7-9-8-6(15,4(13)2-11)5(14)3(12)1-10/h1,3-5,11-15H,2H2. The molecule has 9 heteroatoms. The van der Waals surface area contributed by atoms with Crippen LogP contribution in [0.25, 0.3) is 10.4 Å². The molecule has 0 fully saturated rings. The molecule has 0 spiro atoms. The number of rotatable bonds is 6. The molecule has 15 heavy (non-hydrogen) atoms. The first-order valence-corrected chi connectivity index (χ1v) is 3.83. The van der Waals surface area contributed by atoms with Crippen molar-refractivity contribution in [3.63, 3.8) is 0 Å². The van der Waals surface area contributed by atoms with Gasteiger partial charge in [-0.2, -0.15) is 0 Å². The van der Waals surface area contributed by atoms with Gasteiger partial charge in [-0.25, -0.2) is 0 Å². The van der Waals surface area contributed by atoms with Crippen LogP contribution in [0.3, 0.4) is 0 Å². The second kappa shape index (κ2) is 5.61. The fourth-order valence-corrected chi connectivity index (χ4v) is 0.855. The summed E-state index contributed by atoms with van der Waals surface area (Å²) in [6.45, 7) is -1.03. The van der Waals surface area contributed by atoms with E-state index in [1.165, 1.54) is 0 Å². The lowest BCUT2D eigenvalue weighted by Crippen LogP contribution is -2.56. The van der Waals surface area contributed by atoms with Crippen LogP contribution in [0.5, 0.6) is 0 Å². The van der Waals surface area contributed by atoms with Gasteiger partial charge in [-0.1, -0.05) is 5.11 Å². The normalized spacial score (nSPS) is 20.6. The van der Waals surface area contributed by atoms with Crippen LogP contribution >= 0.6 is 0 Å². The molecule has 4 atom stereocenters. The topological polar surface area (TPSA) is 167 Å². The highest BCUT2D eigenvalue weighted by molar-refractivity contribution is 5.57. The lowest BCUT2D eigenvalue weighted by Gasteiger charge is -2.32. The first kappa shape index (κ1) is 13.8.